The van der Waals surface area contributed by atoms with Crippen molar-refractivity contribution in [2.75, 3.05) is 31.5 Å². The third-order valence-electron chi connectivity index (χ3n) is 6.83. The maximum absolute atomic E-state index is 13.6. The summed E-state index contributed by atoms with van der Waals surface area (Å²) in [6.45, 7) is 3.15. The number of benzene rings is 2. The molecule has 0 unspecified atom stereocenters. The summed E-state index contributed by atoms with van der Waals surface area (Å²) in [5.41, 5.74) is 0.122. The third-order valence-corrected chi connectivity index (χ3v) is 9.94. The lowest BCUT2D eigenvalue weighted by molar-refractivity contribution is 0.0387. The van der Waals surface area contributed by atoms with Crippen molar-refractivity contribution in [3.63, 3.8) is 0 Å². The van der Waals surface area contributed by atoms with Crippen LogP contribution < -0.4 is 9.46 Å². The number of rotatable bonds is 9. The molecule has 2 heterocycles. The fraction of sp³-hybridized carbons (Fsp3) is 0.385. The van der Waals surface area contributed by atoms with E-state index in [0.717, 1.165) is 16.4 Å². The number of ether oxygens (including phenoxy) is 1. The molecule has 0 bridgehead atoms. The topological polar surface area (TPSA) is 151 Å². The predicted molar refractivity (Wildman–Crippen MR) is 148 cm³/mol. The van der Waals surface area contributed by atoms with Crippen LogP contribution in [0.15, 0.2) is 64.9 Å². The van der Waals surface area contributed by atoms with Crippen LogP contribution in [0.1, 0.15) is 24.2 Å². The van der Waals surface area contributed by atoms with E-state index in [9.17, 15) is 31.1 Å². The molecule has 1 aliphatic rings. The Labute approximate surface area is 238 Å². The Kier molecular flexibility index (Phi) is 8.73. The number of nitrogens with zero attached hydrogens (tertiary/aromatic N) is 4. The van der Waals surface area contributed by atoms with Crippen molar-refractivity contribution in [2.24, 2.45) is 13.0 Å². The molecule has 41 heavy (non-hydrogen) atoms. The molecule has 0 spiro atoms. The molecule has 0 saturated heterocycles. The lowest BCUT2D eigenvalue weighted by atomic mass is 9.99. The Morgan fingerprint density at radius 2 is 1.88 bits per heavy atom. The van der Waals surface area contributed by atoms with Crippen molar-refractivity contribution < 1.29 is 35.9 Å². The Hall–Kier alpha value is -3.53. The van der Waals surface area contributed by atoms with Crippen molar-refractivity contribution in [3.05, 3.63) is 66.4 Å². The van der Waals surface area contributed by atoms with Crippen molar-refractivity contribution in [1.29, 1.82) is 0 Å². The van der Waals surface area contributed by atoms with Gasteiger partial charge in [-0.1, -0.05) is 6.92 Å². The molecule has 0 aliphatic carbocycles. The van der Waals surface area contributed by atoms with E-state index in [4.69, 9.17) is 4.74 Å². The second kappa shape index (κ2) is 11.8. The van der Waals surface area contributed by atoms with E-state index in [1.54, 1.807) is 20.9 Å². The number of aliphatic hydroxyl groups excluding tert-OH is 1. The van der Waals surface area contributed by atoms with Crippen LogP contribution in [0.5, 0.6) is 5.75 Å². The number of imidazole rings is 1. The number of likely N-dealkylation sites (N-methyl/N-ethyl adjacent to an activating group) is 1. The minimum Gasteiger partial charge on any atom is -0.488 e. The summed E-state index contributed by atoms with van der Waals surface area (Å²) in [5.74, 6) is -1.31. The van der Waals surface area contributed by atoms with Gasteiger partial charge >= 0.3 is 0 Å². The van der Waals surface area contributed by atoms with Gasteiger partial charge in [0.15, 0.2) is 5.03 Å². The van der Waals surface area contributed by atoms with Crippen LogP contribution in [0, 0.1) is 11.7 Å². The number of aliphatic hydroxyl groups is 1. The zero-order valence-electron chi connectivity index (χ0n) is 22.9. The smallest absolute Gasteiger partial charge is 0.280 e. The summed E-state index contributed by atoms with van der Waals surface area (Å²) in [5, 5.41) is 9.66. The molecule has 12 nitrogen and oxygen atoms in total. The van der Waals surface area contributed by atoms with Gasteiger partial charge in [-0.2, -0.15) is 12.7 Å². The van der Waals surface area contributed by atoms with Gasteiger partial charge in [0.2, 0.25) is 10.0 Å². The normalized spacial score (nSPS) is 18.8. The minimum absolute atomic E-state index is 0.0347. The van der Waals surface area contributed by atoms with Gasteiger partial charge in [-0.15, -0.1) is 0 Å². The fourth-order valence-electron chi connectivity index (χ4n) is 4.38. The minimum atomic E-state index is -4.05. The highest BCUT2D eigenvalue weighted by atomic mass is 32.2. The highest BCUT2D eigenvalue weighted by molar-refractivity contribution is 7.92. The monoisotopic (exact) mass is 609 g/mol. The second-order valence-corrected chi connectivity index (χ2v) is 13.7. The van der Waals surface area contributed by atoms with E-state index < -0.39 is 43.9 Å². The van der Waals surface area contributed by atoms with Crippen LogP contribution in [-0.2, 0) is 27.1 Å². The molecule has 0 radical (unpaired) electrons. The number of hydrogen-bond acceptors (Lipinski definition) is 8. The molecule has 3 aromatic rings. The predicted octanol–water partition coefficient (Wildman–Crippen LogP) is 1.90. The molecular weight excluding hydrogens is 577 g/mol. The van der Waals surface area contributed by atoms with Gasteiger partial charge in [0.25, 0.3) is 15.9 Å². The van der Waals surface area contributed by atoms with Crippen LogP contribution >= 0.6 is 0 Å². The lowest BCUT2D eigenvalue weighted by Crippen LogP contribution is -2.50. The van der Waals surface area contributed by atoms with Crippen LogP contribution in [-0.4, -0.2) is 85.5 Å². The van der Waals surface area contributed by atoms with E-state index in [-0.39, 0.29) is 52.5 Å². The average Bonchev–Trinajstić information content (AvgIpc) is 3.38. The maximum atomic E-state index is 13.6. The number of aryl methyl sites for hydroxylation is 1. The zero-order chi connectivity index (χ0) is 30.1. The first-order valence-electron chi connectivity index (χ1n) is 12.7. The largest absolute Gasteiger partial charge is 0.488 e. The van der Waals surface area contributed by atoms with Gasteiger partial charge in [-0.05, 0) is 49.4 Å². The highest BCUT2D eigenvalue weighted by Gasteiger charge is 2.35. The van der Waals surface area contributed by atoms with Crippen molar-refractivity contribution in [3.8, 4) is 5.75 Å². The summed E-state index contributed by atoms with van der Waals surface area (Å²) in [4.78, 5) is 18.9. The first kappa shape index (κ1) is 30.4. The lowest BCUT2D eigenvalue weighted by Gasteiger charge is -2.38. The molecular formula is C26H32FN5O7S2. The highest BCUT2D eigenvalue weighted by Crippen LogP contribution is 2.32. The fourth-order valence-corrected chi connectivity index (χ4v) is 6.59. The van der Waals surface area contributed by atoms with Crippen molar-refractivity contribution in [2.45, 2.75) is 35.9 Å². The molecule has 1 aliphatic heterocycles. The second-order valence-electron chi connectivity index (χ2n) is 10.1. The van der Waals surface area contributed by atoms with Crippen LogP contribution in [0.25, 0.3) is 0 Å². The van der Waals surface area contributed by atoms with E-state index in [0.29, 0.717) is 0 Å². The Balaban J connectivity index is 1.68. The number of carbonyl (C=O) groups excluding carboxylic acids is 1. The summed E-state index contributed by atoms with van der Waals surface area (Å²) in [6, 6.07) is 8.08. The number of sulfonamides is 2. The van der Waals surface area contributed by atoms with Gasteiger partial charge in [0, 0.05) is 38.4 Å². The molecule has 2 N–H and O–H groups in total. The van der Waals surface area contributed by atoms with Crippen LogP contribution in [0.4, 0.5) is 10.1 Å². The molecule has 2 aromatic carbocycles. The molecule has 4 rings (SSSR count). The SMILES string of the molecule is C[C@H]1CN([C@@H](C)CO)C(=O)c2cc(NS(=O)(=O)c3cn(C)cn3)ccc2O[C@H]1CN(C)S(=O)(=O)c1ccc(F)cc1. The van der Waals surface area contributed by atoms with Crippen molar-refractivity contribution in [1.82, 2.24) is 18.8 Å². The van der Waals surface area contributed by atoms with Gasteiger partial charge in [0.05, 0.1) is 36.0 Å². The Morgan fingerprint density at radius 3 is 2.49 bits per heavy atom. The standard InChI is InChI=1S/C26H32FN5O7S2/c1-17-12-32(18(2)15-33)26(34)22-11-20(29-40(35,36)25-14-30(3)16-28-25)7-10-23(22)39-24(17)13-31(4)41(37,38)21-8-5-19(27)6-9-21/h5-11,14,16-18,24,29,33H,12-13,15H2,1-4H3/t17-,18-,24-/m0/s1. The molecule has 1 aromatic heterocycles. The van der Waals surface area contributed by atoms with Crippen molar-refractivity contribution >= 4 is 31.6 Å². The summed E-state index contributed by atoms with van der Waals surface area (Å²) in [6.07, 6.45) is 1.93. The third kappa shape index (κ3) is 6.53. The molecule has 0 fully saturated rings. The van der Waals surface area contributed by atoms with Gasteiger partial charge in [0.1, 0.15) is 17.7 Å². The van der Waals surface area contributed by atoms with E-state index in [2.05, 4.69) is 9.71 Å². The number of amides is 1. The van der Waals surface area contributed by atoms with E-state index in [1.165, 1.54) is 59.4 Å². The first-order valence-corrected chi connectivity index (χ1v) is 15.6. The number of halogens is 1. The number of aromatic nitrogens is 2. The number of nitrogens with one attached hydrogen (secondary N) is 1. The van der Waals surface area contributed by atoms with Crippen LogP contribution in [0.2, 0.25) is 0 Å². The zero-order valence-corrected chi connectivity index (χ0v) is 24.6. The molecule has 222 valence electrons. The van der Waals surface area contributed by atoms with E-state index in [1.807, 2.05) is 0 Å². The number of hydrogen-bond donors (Lipinski definition) is 2. The number of carbonyl (C=O) groups is 1. The summed E-state index contributed by atoms with van der Waals surface area (Å²) in [7, 11) is -5.04. The first-order chi connectivity index (χ1) is 19.2. The summed E-state index contributed by atoms with van der Waals surface area (Å²) >= 11 is 0. The Morgan fingerprint density at radius 1 is 1.20 bits per heavy atom. The molecule has 0 saturated carbocycles. The van der Waals surface area contributed by atoms with Gasteiger partial charge in [-0.3, -0.25) is 9.52 Å². The molecule has 1 amide bonds. The average molecular weight is 610 g/mol. The number of fused-ring (bicyclic) bond motifs is 1. The summed E-state index contributed by atoms with van der Waals surface area (Å²) < 4.78 is 76.6. The van der Waals surface area contributed by atoms with E-state index >= 15 is 0 Å². The van der Waals surface area contributed by atoms with Gasteiger partial charge in [-0.25, -0.2) is 17.8 Å². The molecule has 15 heteroatoms. The number of anilines is 1. The van der Waals surface area contributed by atoms with Crippen LogP contribution in [0.3, 0.4) is 0 Å². The van der Waals surface area contributed by atoms with Gasteiger partial charge < -0.3 is 19.3 Å². The molecule has 3 atom stereocenters. The Bertz CT molecular complexity index is 1630. The maximum Gasteiger partial charge on any atom is 0.280 e. The quantitative estimate of drug-likeness (QED) is 0.373.